The van der Waals surface area contributed by atoms with Gasteiger partial charge in [-0.05, 0) is 43.9 Å². The van der Waals surface area contributed by atoms with Gasteiger partial charge in [-0.15, -0.1) is 0 Å². The molecule has 1 N–H and O–H groups in total. The van der Waals surface area contributed by atoms with Crippen molar-refractivity contribution in [2.24, 2.45) is 5.92 Å². The molecule has 0 radical (unpaired) electrons. The monoisotopic (exact) mass is 244 g/mol. The molecule has 0 aromatic heterocycles. The second-order valence-electron chi connectivity index (χ2n) is 5.49. The summed E-state index contributed by atoms with van der Waals surface area (Å²) in [6, 6.07) is 8.40. The molecule has 2 saturated heterocycles. The van der Waals surface area contributed by atoms with Crippen LogP contribution in [0, 0.1) is 12.8 Å². The molecule has 2 aliphatic heterocycles. The first kappa shape index (κ1) is 11.7. The molecule has 0 spiro atoms. The number of hydrogen-bond acceptors (Lipinski definition) is 2. The number of benzene rings is 1. The van der Waals surface area contributed by atoms with E-state index in [0.717, 1.165) is 30.8 Å². The smallest absolute Gasteiger partial charge is 0.254 e. The van der Waals surface area contributed by atoms with Crippen LogP contribution in [0.5, 0.6) is 0 Å². The predicted molar refractivity (Wildman–Crippen MR) is 71.6 cm³/mol. The first-order valence-electron chi connectivity index (χ1n) is 6.84. The third-order valence-corrected chi connectivity index (χ3v) is 4.26. The molecule has 0 saturated carbocycles. The highest BCUT2D eigenvalue weighted by Gasteiger charge is 2.36. The molecular formula is C15H20N2O. The van der Waals surface area contributed by atoms with Crippen LogP contribution in [0.2, 0.25) is 0 Å². The van der Waals surface area contributed by atoms with Gasteiger partial charge in [0.25, 0.3) is 5.91 Å². The fourth-order valence-electron chi connectivity index (χ4n) is 3.20. The van der Waals surface area contributed by atoms with Crippen LogP contribution < -0.4 is 5.32 Å². The summed E-state index contributed by atoms with van der Waals surface area (Å²) < 4.78 is 0. The number of hydrogen-bond donors (Lipinski definition) is 1. The Morgan fingerprint density at radius 1 is 1.33 bits per heavy atom. The molecule has 1 aromatic rings. The molecule has 3 heteroatoms. The van der Waals surface area contributed by atoms with E-state index >= 15 is 0 Å². The molecular weight excluding hydrogens is 224 g/mol. The molecule has 2 heterocycles. The molecule has 3 rings (SSSR count). The quantitative estimate of drug-likeness (QED) is 0.817. The second-order valence-corrected chi connectivity index (χ2v) is 5.49. The lowest BCUT2D eigenvalue weighted by molar-refractivity contribution is 0.0785. The van der Waals surface area contributed by atoms with E-state index in [1.54, 1.807) is 0 Å². The molecule has 1 amide bonds. The van der Waals surface area contributed by atoms with E-state index < -0.39 is 0 Å². The van der Waals surface area contributed by atoms with Crippen LogP contribution in [0.15, 0.2) is 24.3 Å². The maximum Gasteiger partial charge on any atom is 0.254 e. The number of likely N-dealkylation sites (tertiary alicyclic amines) is 1. The SMILES string of the molecule is Cc1ccccc1C(=O)N1C[C@@H]2CCCN[C@@H]2C1. The van der Waals surface area contributed by atoms with Gasteiger partial charge in [0, 0.05) is 24.7 Å². The first-order chi connectivity index (χ1) is 8.75. The van der Waals surface area contributed by atoms with Crippen molar-refractivity contribution < 1.29 is 4.79 Å². The van der Waals surface area contributed by atoms with Crippen molar-refractivity contribution in [3.8, 4) is 0 Å². The number of aryl methyl sites for hydroxylation is 1. The van der Waals surface area contributed by atoms with Crippen LogP contribution in [0.25, 0.3) is 0 Å². The molecule has 18 heavy (non-hydrogen) atoms. The molecule has 0 bridgehead atoms. The van der Waals surface area contributed by atoms with Gasteiger partial charge in [-0.25, -0.2) is 0 Å². The van der Waals surface area contributed by atoms with Crippen molar-refractivity contribution in [2.75, 3.05) is 19.6 Å². The Balaban J connectivity index is 1.76. The van der Waals surface area contributed by atoms with Crippen LogP contribution in [0.1, 0.15) is 28.8 Å². The third kappa shape index (κ3) is 2.03. The van der Waals surface area contributed by atoms with Gasteiger partial charge in [-0.1, -0.05) is 18.2 Å². The van der Waals surface area contributed by atoms with Crippen LogP contribution in [0.4, 0.5) is 0 Å². The van der Waals surface area contributed by atoms with E-state index in [1.807, 2.05) is 36.1 Å². The summed E-state index contributed by atoms with van der Waals surface area (Å²) in [6.45, 7) is 4.91. The van der Waals surface area contributed by atoms with Crippen LogP contribution in [-0.4, -0.2) is 36.5 Å². The Bertz CT molecular complexity index is 444. The van der Waals surface area contributed by atoms with Crippen LogP contribution in [0.3, 0.4) is 0 Å². The molecule has 1 aromatic carbocycles. The van der Waals surface area contributed by atoms with Crippen molar-refractivity contribution >= 4 is 5.91 Å². The van der Waals surface area contributed by atoms with E-state index in [9.17, 15) is 4.79 Å². The van der Waals surface area contributed by atoms with Crippen molar-refractivity contribution in [2.45, 2.75) is 25.8 Å². The number of amides is 1. The second kappa shape index (κ2) is 4.73. The van der Waals surface area contributed by atoms with E-state index in [-0.39, 0.29) is 5.91 Å². The van der Waals surface area contributed by atoms with Gasteiger partial charge in [0.05, 0.1) is 0 Å². The standard InChI is InChI=1S/C15H20N2O/c1-11-5-2-3-7-13(11)15(18)17-9-12-6-4-8-16-14(12)10-17/h2-3,5,7,12,14,16H,4,6,8-10H2,1H3/t12-,14+/m0/s1. The number of rotatable bonds is 1. The molecule has 96 valence electrons. The number of carbonyl (C=O) groups excluding carboxylic acids is 1. The van der Waals surface area contributed by atoms with Crippen molar-refractivity contribution in [3.05, 3.63) is 35.4 Å². The lowest BCUT2D eigenvalue weighted by Gasteiger charge is -2.24. The molecule has 0 aliphatic carbocycles. The first-order valence-corrected chi connectivity index (χ1v) is 6.84. The topological polar surface area (TPSA) is 32.3 Å². The van der Waals surface area contributed by atoms with Gasteiger partial charge in [0.2, 0.25) is 0 Å². The van der Waals surface area contributed by atoms with Gasteiger partial charge in [0.1, 0.15) is 0 Å². The number of carbonyl (C=O) groups is 1. The minimum absolute atomic E-state index is 0.198. The Labute approximate surface area is 108 Å². The Kier molecular flexibility index (Phi) is 3.08. The summed E-state index contributed by atoms with van der Waals surface area (Å²) in [7, 11) is 0. The number of nitrogens with one attached hydrogen (secondary N) is 1. The Morgan fingerprint density at radius 2 is 2.17 bits per heavy atom. The van der Waals surface area contributed by atoms with Gasteiger partial charge in [-0.3, -0.25) is 4.79 Å². The minimum atomic E-state index is 0.198. The minimum Gasteiger partial charge on any atom is -0.337 e. The lowest BCUT2D eigenvalue weighted by Crippen LogP contribution is -2.41. The zero-order valence-corrected chi connectivity index (χ0v) is 10.9. The molecule has 0 unspecified atom stereocenters. The van der Waals surface area contributed by atoms with Crippen molar-refractivity contribution in [1.29, 1.82) is 0 Å². The number of fused-ring (bicyclic) bond motifs is 1. The van der Waals surface area contributed by atoms with Gasteiger partial charge >= 0.3 is 0 Å². The zero-order valence-electron chi connectivity index (χ0n) is 10.9. The average Bonchev–Trinajstić information content (AvgIpc) is 2.82. The normalized spacial score (nSPS) is 27.1. The fraction of sp³-hybridized carbons (Fsp3) is 0.533. The maximum atomic E-state index is 12.5. The maximum absolute atomic E-state index is 12.5. The van der Waals surface area contributed by atoms with Crippen LogP contribution in [-0.2, 0) is 0 Å². The van der Waals surface area contributed by atoms with Crippen molar-refractivity contribution in [1.82, 2.24) is 10.2 Å². The molecule has 3 nitrogen and oxygen atoms in total. The van der Waals surface area contributed by atoms with E-state index in [0.29, 0.717) is 12.0 Å². The summed E-state index contributed by atoms with van der Waals surface area (Å²) in [5.41, 5.74) is 1.93. The zero-order chi connectivity index (χ0) is 12.5. The van der Waals surface area contributed by atoms with E-state index in [2.05, 4.69) is 5.32 Å². The Morgan fingerprint density at radius 3 is 2.94 bits per heavy atom. The summed E-state index contributed by atoms with van der Waals surface area (Å²) in [5.74, 6) is 0.857. The van der Waals surface area contributed by atoms with Gasteiger partial charge in [0.15, 0.2) is 0 Å². The third-order valence-electron chi connectivity index (χ3n) is 4.26. The molecule has 2 atom stereocenters. The van der Waals surface area contributed by atoms with Gasteiger partial charge in [-0.2, -0.15) is 0 Å². The largest absolute Gasteiger partial charge is 0.337 e. The highest BCUT2D eigenvalue weighted by Crippen LogP contribution is 2.26. The van der Waals surface area contributed by atoms with Crippen molar-refractivity contribution in [3.63, 3.8) is 0 Å². The number of piperidine rings is 1. The van der Waals surface area contributed by atoms with Crippen LogP contribution >= 0.6 is 0 Å². The average molecular weight is 244 g/mol. The number of nitrogens with zero attached hydrogens (tertiary/aromatic N) is 1. The lowest BCUT2D eigenvalue weighted by atomic mass is 9.94. The fourth-order valence-corrected chi connectivity index (χ4v) is 3.20. The van der Waals surface area contributed by atoms with E-state index in [4.69, 9.17) is 0 Å². The highest BCUT2D eigenvalue weighted by molar-refractivity contribution is 5.95. The summed E-state index contributed by atoms with van der Waals surface area (Å²) in [5, 5.41) is 3.54. The summed E-state index contributed by atoms with van der Waals surface area (Å²) >= 11 is 0. The Hall–Kier alpha value is -1.35. The molecule has 2 aliphatic rings. The highest BCUT2D eigenvalue weighted by atomic mass is 16.2. The van der Waals surface area contributed by atoms with E-state index in [1.165, 1.54) is 12.8 Å². The summed E-state index contributed by atoms with van der Waals surface area (Å²) in [6.07, 6.45) is 2.50. The summed E-state index contributed by atoms with van der Waals surface area (Å²) in [4.78, 5) is 14.5. The molecule has 2 fully saturated rings. The van der Waals surface area contributed by atoms with Gasteiger partial charge < -0.3 is 10.2 Å². The predicted octanol–water partition coefficient (Wildman–Crippen LogP) is 1.82.